The fourth-order valence-corrected chi connectivity index (χ4v) is 2.65. The van der Waals surface area contributed by atoms with Crippen LogP contribution in [0.2, 0.25) is 0 Å². The Morgan fingerprint density at radius 1 is 1.03 bits per heavy atom. The molecule has 0 fully saturated rings. The molecule has 4 aromatic rings. The van der Waals surface area contributed by atoms with E-state index in [4.69, 9.17) is 13.7 Å². The summed E-state index contributed by atoms with van der Waals surface area (Å²) in [4.78, 5) is 16.3. The van der Waals surface area contributed by atoms with E-state index < -0.39 is 0 Å². The van der Waals surface area contributed by atoms with Gasteiger partial charge >= 0.3 is 0 Å². The van der Waals surface area contributed by atoms with E-state index in [1.54, 1.807) is 30.5 Å². The van der Waals surface area contributed by atoms with Gasteiger partial charge < -0.3 is 19.0 Å². The summed E-state index contributed by atoms with van der Waals surface area (Å²) in [6.07, 6.45) is 1.56. The second-order valence-electron chi connectivity index (χ2n) is 6.46. The quantitative estimate of drug-likeness (QED) is 0.514. The molecular weight excluding hydrogens is 370 g/mol. The number of hydrogen-bond acceptors (Lipinski definition) is 6. The van der Waals surface area contributed by atoms with Gasteiger partial charge in [-0.15, -0.1) is 0 Å². The number of amides is 1. The fourth-order valence-electron chi connectivity index (χ4n) is 2.65. The van der Waals surface area contributed by atoms with Gasteiger partial charge in [-0.2, -0.15) is 4.98 Å². The Hall–Kier alpha value is -3.87. The third-order valence-corrected chi connectivity index (χ3v) is 4.25. The summed E-state index contributed by atoms with van der Waals surface area (Å²) in [5.41, 5.74) is 2.83. The van der Waals surface area contributed by atoms with E-state index in [1.165, 1.54) is 5.56 Å². The lowest BCUT2D eigenvalue weighted by molar-refractivity contribution is -0.123. The summed E-state index contributed by atoms with van der Waals surface area (Å²) in [6.45, 7) is 2.27. The molecule has 0 aliphatic carbocycles. The number of carbonyl (C=O) groups is 1. The van der Waals surface area contributed by atoms with Crippen molar-refractivity contribution in [1.82, 2.24) is 15.5 Å². The van der Waals surface area contributed by atoms with Crippen molar-refractivity contribution in [2.75, 3.05) is 6.61 Å². The van der Waals surface area contributed by atoms with Crippen molar-refractivity contribution in [3.63, 3.8) is 0 Å². The summed E-state index contributed by atoms with van der Waals surface area (Å²) < 4.78 is 16.0. The third kappa shape index (κ3) is 4.70. The number of nitrogens with zero attached hydrogens (tertiary/aromatic N) is 2. The van der Waals surface area contributed by atoms with Gasteiger partial charge in [0.2, 0.25) is 5.82 Å². The van der Waals surface area contributed by atoms with Crippen LogP contribution in [-0.2, 0) is 11.3 Å². The second-order valence-corrected chi connectivity index (χ2v) is 6.46. The molecule has 0 radical (unpaired) electrons. The van der Waals surface area contributed by atoms with E-state index >= 15 is 0 Å². The minimum Gasteiger partial charge on any atom is -0.484 e. The minimum atomic E-state index is -0.231. The van der Waals surface area contributed by atoms with Crippen molar-refractivity contribution in [1.29, 1.82) is 0 Å². The molecule has 7 nitrogen and oxygen atoms in total. The number of hydrogen-bond donors (Lipinski definition) is 1. The lowest BCUT2D eigenvalue weighted by Crippen LogP contribution is -2.28. The molecule has 0 saturated heterocycles. The zero-order chi connectivity index (χ0) is 20.1. The molecule has 0 aliphatic heterocycles. The van der Waals surface area contributed by atoms with Gasteiger partial charge in [-0.25, -0.2) is 0 Å². The van der Waals surface area contributed by atoms with Crippen LogP contribution in [0.3, 0.4) is 0 Å². The molecule has 0 saturated carbocycles. The normalized spacial score (nSPS) is 10.7. The van der Waals surface area contributed by atoms with Crippen LogP contribution in [-0.4, -0.2) is 22.7 Å². The van der Waals surface area contributed by atoms with Gasteiger partial charge in [0.25, 0.3) is 11.8 Å². The monoisotopic (exact) mass is 389 g/mol. The topological polar surface area (TPSA) is 90.4 Å². The molecule has 0 spiro atoms. The predicted molar refractivity (Wildman–Crippen MR) is 106 cm³/mol. The maximum Gasteiger partial charge on any atom is 0.258 e. The van der Waals surface area contributed by atoms with Crippen LogP contribution in [0.1, 0.15) is 11.3 Å². The Morgan fingerprint density at radius 3 is 2.52 bits per heavy atom. The number of ether oxygens (including phenoxy) is 1. The van der Waals surface area contributed by atoms with Crippen LogP contribution in [0.5, 0.6) is 5.75 Å². The van der Waals surface area contributed by atoms with Crippen LogP contribution >= 0.6 is 0 Å². The summed E-state index contributed by atoms with van der Waals surface area (Å²) in [5, 5.41) is 6.76. The lowest BCUT2D eigenvalue weighted by Gasteiger charge is -2.06. The van der Waals surface area contributed by atoms with Crippen molar-refractivity contribution < 1.29 is 18.5 Å². The van der Waals surface area contributed by atoms with Gasteiger partial charge in [-0.1, -0.05) is 35.0 Å². The molecule has 2 aromatic heterocycles. The van der Waals surface area contributed by atoms with Gasteiger partial charge in [-0.3, -0.25) is 4.79 Å². The van der Waals surface area contributed by atoms with E-state index in [0.717, 1.165) is 11.1 Å². The maximum atomic E-state index is 11.8. The van der Waals surface area contributed by atoms with Gasteiger partial charge in [0.15, 0.2) is 6.61 Å². The molecular formula is C22H19N3O4. The van der Waals surface area contributed by atoms with Crippen LogP contribution < -0.4 is 10.1 Å². The highest BCUT2D eigenvalue weighted by Gasteiger charge is 2.11. The third-order valence-electron chi connectivity index (χ3n) is 4.25. The molecule has 1 amide bonds. The van der Waals surface area contributed by atoms with Crippen LogP contribution in [0.15, 0.2) is 75.9 Å². The van der Waals surface area contributed by atoms with Crippen molar-refractivity contribution in [2.24, 2.45) is 0 Å². The first kappa shape index (κ1) is 18.5. The Morgan fingerprint density at radius 2 is 1.79 bits per heavy atom. The molecule has 7 heteroatoms. The van der Waals surface area contributed by atoms with Gasteiger partial charge in [0.1, 0.15) is 11.5 Å². The number of nitrogens with one attached hydrogen (secondary N) is 1. The zero-order valence-corrected chi connectivity index (χ0v) is 15.8. The molecule has 0 unspecified atom stereocenters. The number of benzene rings is 2. The van der Waals surface area contributed by atoms with Crippen molar-refractivity contribution >= 4 is 5.91 Å². The molecule has 0 atom stereocenters. The SMILES string of the molecule is Cc1ccc(-c2noc(-c3ccc(OCC(=O)NCc4ccco4)cc3)n2)cc1. The van der Waals surface area contributed by atoms with Crippen LogP contribution in [0, 0.1) is 6.92 Å². The minimum absolute atomic E-state index is 0.0851. The smallest absolute Gasteiger partial charge is 0.258 e. The number of aromatic nitrogens is 2. The van der Waals surface area contributed by atoms with E-state index in [-0.39, 0.29) is 12.5 Å². The number of aryl methyl sites for hydroxylation is 1. The molecule has 1 N–H and O–H groups in total. The van der Waals surface area contributed by atoms with E-state index in [1.807, 2.05) is 43.3 Å². The van der Waals surface area contributed by atoms with Gasteiger partial charge in [-0.05, 0) is 43.3 Å². The average molecular weight is 389 g/mol. The average Bonchev–Trinajstić information content (AvgIpc) is 3.44. The summed E-state index contributed by atoms with van der Waals surface area (Å²) >= 11 is 0. The highest BCUT2D eigenvalue weighted by Crippen LogP contribution is 2.24. The summed E-state index contributed by atoms with van der Waals surface area (Å²) in [6, 6.07) is 18.6. The highest BCUT2D eigenvalue weighted by molar-refractivity contribution is 5.77. The molecule has 0 aliphatic rings. The molecule has 29 heavy (non-hydrogen) atoms. The van der Waals surface area contributed by atoms with E-state index in [0.29, 0.717) is 29.8 Å². The molecule has 4 rings (SSSR count). The van der Waals surface area contributed by atoms with Crippen molar-refractivity contribution in [3.05, 3.63) is 78.3 Å². The first-order valence-electron chi connectivity index (χ1n) is 9.10. The van der Waals surface area contributed by atoms with Gasteiger partial charge in [0, 0.05) is 11.1 Å². The Bertz CT molecular complexity index is 1070. The van der Waals surface area contributed by atoms with E-state index in [9.17, 15) is 4.79 Å². The summed E-state index contributed by atoms with van der Waals surface area (Å²) in [5.74, 6) is 1.98. The van der Waals surface area contributed by atoms with E-state index in [2.05, 4.69) is 15.5 Å². The Kier molecular flexibility index (Phi) is 5.38. The molecule has 0 bridgehead atoms. The lowest BCUT2D eigenvalue weighted by atomic mass is 10.1. The number of furan rings is 1. The largest absolute Gasteiger partial charge is 0.484 e. The molecule has 2 heterocycles. The highest BCUT2D eigenvalue weighted by atomic mass is 16.5. The Labute approximate surface area is 167 Å². The maximum absolute atomic E-state index is 11.8. The molecule has 146 valence electrons. The number of rotatable bonds is 7. The van der Waals surface area contributed by atoms with Crippen molar-refractivity contribution in [2.45, 2.75) is 13.5 Å². The summed E-state index contributed by atoms with van der Waals surface area (Å²) in [7, 11) is 0. The standard InChI is InChI=1S/C22H19N3O4/c1-15-4-6-16(7-5-15)21-24-22(29-25-21)17-8-10-18(11-9-17)28-14-20(26)23-13-19-3-2-12-27-19/h2-12H,13-14H2,1H3,(H,23,26). The van der Waals surface area contributed by atoms with Crippen molar-refractivity contribution in [3.8, 4) is 28.6 Å². The first-order valence-corrected chi connectivity index (χ1v) is 9.10. The van der Waals surface area contributed by atoms with Crippen LogP contribution in [0.4, 0.5) is 0 Å². The Balaban J connectivity index is 1.33. The van der Waals surface area contributed by atoms with Crippen LogP contribution in [0.25, 0.3) is 22.8 Å². The number of carbonyl (C=O) groups excluding carboxylic acids is 1. The second kappa shape index (κ2) is 8.43. The zero-order valence-electron chi connectivity index (χ0n) is 15.8. The van der Waals surface area contributed by atoms with Gasteiger partial charge in [0.05, 0.1) is 12.8 Å². The first-order chi connectivity index (χ1) is 14.2. The predicted octanol–water partition coefficient (Wildman–Crippen LogP) is 4.00. The fraction of sp³-hybridized carbons (Fsp3) is 0.136. The molecule has 2 aromatic carbocycles.